The van der Waals surface area contributed by atoms with Crippen LogP contribution in [0.25, 0.3) is 0 Å². The lowest BCUT2D eigenvalue weighted by molar-refractivity contribution is 0.500. The minimum Gasteiger partial charge on any atom is -0.314 e. The van der Waals surface area contributed by atoms with Gasteiger partial charge >= 0.3 is 0 Å². The second-order valence-electron chi connectivity index (χ2n) is 5.69. The summed E-state index contributed by atoms with van der Waals surface area (Å²) in [5, 5.41) is 3.35. The van der Waals surface area contributed by atoms with Gasteiger partial charge < -0.3 is 5.32 Å². The van der Waals surface area contributed by atoms with E-state index in [2.05, 4.69) is 19.2 Å². The summed E-state index contributed by atoms with van der Waals surface area (Å²) in [6, 6.07) is 6.93. The van der Waals surface area contributed by atoms with Crippen LogP contribution in [0.3, 0.4) is 0 Å². The molecular weight excluding hydrogens is 289 g/mol. The second kappa shape index (κ2) is 8.49. The molecule has 0 aliphatic rings. The molecule has 1 aromatic rings. The van der Waals surface area contributed by atoms with Crippen molar-refractivity contribution in [3.63, 3.8) is 0 Å². The summed E-state index contributed by atoms with van der Waals surface area (Å²) in [6.45, 7) is 6.52. The monoisotopic (exact) mass is 315 g/mol. The average Bonchev–Trinajstić information content (AvgIpc) is 2.42. The molecule has 3 nitrogen and oxygen atoms in total. The maximum atomic E-state index is 13.4. The van der Waals surface area contributed by atoms with Gasteiger partial charge in [-0.3, -0.25) is 0 Å². The molecule has 1 atom stereocenters. The van der Waals surface area contributed by atoms with Crippen molar-refractivity contribution in [2.75, 3.05) is 18.1 Å². The van der Waals surface area contributed by atoms with E-state index < -0.39 is 9.84 Å². The largest absolute Gasteiger partial charge is 0.314 e. The Morgan fingerprint density at radius 1 is 1.29 bits per heavy atom. The van der Waals surface area contributed by atoms with Gasteiger partial charge in [-0.1, -0.05) is 32.9 Å². The lowest BCUT2D eigenvalue weighted by atomic mass is 9.94. The van der Waals surface area contributed by atoms with Gasteiger partial charge in [-0.25, -0.2) is 12.8 Å². The number of nitrogens with one attached hydrogen (secondary N) is 1. The fraction of sp³-hybridized carbons (Fsp3) is 0.625. The van der Waals surface area contributed by atoms with E-state index in [-0.39, 0.29) is 23.2 Å². The van der Waals surface area contributed by atoms with Crippen LogP contribution in [-0.4, -0.2) is 32.5 Å². The lowest BCUT2D eigenvalue weighted by Crippen LogP contribution is -2.28. The van der Waals surface area contributed by atoms with E-state index in [0.717, 1.165) is 18.5 Å². The lowest BCUT2D eigenvalue weighted by Gasteiger charge is -2.20. The maximum absolute atomic E-state index is 13.4. The third-order valence-electron chi connectivity index (χ3n) is 3.54. The molecule has 5 heteroatoms. The first-order chi connectivity index (χ1) is 9.84. The Bertz CT molecular complexity index is 529. The Hall–Kier alpha value is -0.940. The molecule has 0 aliphatic carbocycles. The molecule has 21 heavy (non-hydrogen) atoms. The molecule has 1 aromatic carbocycles. The molecule has 1 N–H and O–H groups in total. The van der Waals surface area contributed by atoms with E-state index in [1.165, 1.54) is 6.07 Å². The van der Waals surface area contributed by atoms with Crippen LogP contribution in [0, 0.1) is 5.82 Å². The summed E-state index contributed by atoms with van der Waals surface area (Å²) >= 11 is 0. The van der Waals surface area contributed by atoms with Crippen LogP contribution in [0.5, 0.6) is 0 Å². The predicted molar refractivity (Wildman–Crippen MR) is 85.8 cm³/mol. The highest BCUT2D eigenvalue weighted by Gasteiger charge is 2.15. The number of halogens is 1. The van der Waals surface area contributed by atoms with Crippen molar-refractivity contribution in [1.29, 1.82) is 0 Å². The van der Waals surface area contributed by atoms with Crippen molar-refractivity contribution in [2.45, 2.75) is 45.6 Å². The summed E-state index contributed by atoms with van der Waals surface area (Å²) in [7, 11) is -2.93. The van der Waals surface area contributed by atoms with Crippen molar-refractivity contribution >= 4 is 9.84 Å². The minimum absolute atomic E-state index is 0.134. The molecule has 0 radical (unpaired) electrons. The van der Waals surface area contributed by atoms with Crippen LogP contribution in [0.4, 0.5) is 4.39 Å². The molecule has 0 aliphatic heterocycles. The van der Waals surface area contributed by atoms with Crippen molar-refractivity contribution in [3.05, 3.63) is 35.6 Å². The first-order valence-electron chi connectivity index (χ1n) is 7.53. The molecule has 0 saturated heterocycles. The fourth-order valence-corrected chi connectivity index (χ4v) is 3.11. The molecule has 0 saturated carbocycles. The van der Waals surface area contributed by atoms with Gasteiger partial charge in [-0.2, -0.15) is 0 Å². The molecule has 1 unspecified atom stereocenters. The summed E-state index contributed by atoms with van der Waals surface area (Å²) in [4.78, 5) is 0. The number of hydrogen-bond acceptors (Lipinski definition) is 3. The standard InChI is InChI=1S/C16H26FNO2S/c1-4-21(19,20)10-6-8-15(12-18-13(2)3)14-7-5-9-16(17)11-14/h5,7,9,11,13,15,18H,4,6,8,10,12H2,1-3H3. The first kappa shape index (κ1) is 18.1. The zero-order chi connectivity index (χ0) is 15.9. The molecule has 0 heterocycles. The molecule has 0 aromatic heterocycles. The van der Waals surface area contributed by atoms with Crippen LogP contribution in [0.15, 0.2) is 24.3 Å². The topological polar surface area (TPSA) is 46.2 Å². The number of sulfone groups is 1. The SMILES string of the molecule is CCS(=O)(=O)CCCC(CNC(C)C)c1cccc(F)c1. The fourth-order valence-electron chi connectivity index (χ4n) is 2.22. The molecule has 0 spiro atoms. The first-order valence-corrected chi connectivity index (χ1v) is 9.35. The van der Waals surface area contributed by atoms with E-state index >= 15 is 0 Å². The van der Waals surface area contributed by atoms with E-state index in [9.17, 15) is 12.8 Å². The van der Waals surface area contributed by atoms with Crippen LogP contribution < -0.4 is 5.32 Å². The molecule has 120 valence electrons. The van der Waals surface area contributed by atoms with Gasteiger partial charge in [0.15, 0.2) is 0 Å². The van der Waals surface area contributed by atoms with Crippen LogP contribution in [-0.2, 0) is 9.84 Å². The van der Waals surface area contributed by atoms with Gasteiger partial charge in [0.05, 0.1) is 5.75 Å². The highest BCUT2D eigenvalue weighted by atomic mass is 32.2. The highest BCUT2D eigenvalue weighted by Crippen LogP contribution is 2.22. The smallest absolute Gasteiger partial charge is 0.150 e. The second-order valence-corrected chi connectivity index (χ2v) is 8.17. The Morgan fingerprint density at radius 2 is 2.00 bits per heavy atom. The normalized spacial score (nSPS) is 13.6. The average molecular weight is 315 g/mol. The van der Waals surface area contributed by atoms with Crippen molar-refractivity contribution in [2.24, 2.45) is 0 Å². The van der Waals surface area contributed by atoms with Crippen molar-refractivity contribution in [3.8, 4) is 0 Å². The minimum atomic E-state index is -2.93. The van der Waals surface area contributed by atoms with Gasteiger partial charge in [0.2, 0.25) is 0 Å². The molecule has 0 amide bonds. The third-order valence-corrected chi connectivity index (χ3v) is 5.33. The number of benzene rings is 1. The van der Waals surface area contributed by atoms with E-state index in [1.807, 2.05) is 6.07 Å². The summed E-state index contributed by atoms with van der Waals surface area (Å²) in [5.74, 6) is 0.275. The maximum Gasteiger partial charge on any atom is 0.150 e. The molecular formula is C16H26FNO2S. The van der Waals surface area contributed by atoms with Crippen LogP contribution in [0.2, 0.25) is 0 Å². The molecule has 1 rings (SSSR count). The summed E-state index contributed by atoms with van der Waals surface area (Å²) in [5.41, 5.74) is 0.928. The summed E-state index contributed by atoms with van der Waals surface area (Å²) in [6.07, 6.45) is 1.35. The third kappa shape index (κ3) is 7.05. The summed E-state index contributed by atoms with van der Waals surface area (Å²) < 4.78 is 36.5. The van der Waals surface area contributed by atoms with E-state index in [0.29, 0.717) is 12.5 Å². The zero-order valence-corrected chi connectivity index (χ0v) is 13.9. The molecule has 0 bridgehead atoms. The Balaban J connectivity index is 2.69. The van der Waals surface area contributed by atoms with Crippen LogP contribution >= 0.6 is 0 Å². The quantitative estimate of drug-likeness (QED) is 0.761. The van der Waals surface area contributed by atoms with Gasteiger partial charge in [-0.05, 0) is 36.5 Å². The Labute approximate surface area is 127 Å². The Morgan fingerprint density at radius 3 is 2.57 bits per heavy atom. The van der Waals surface area contributed by atoms with Gasteiger partial charge in [0.25, 0.3) is 0 Å². The van der Waals surface area contributed by atoms with Crippen LogP contribution in [0.1, 0.15) is 45.1 Å². The van der Waals surface area contributed by atoms with Crippen molar-refractivity contribution in [1.82, 2.24) is 5.32 Å². The van der Waals surface area contributed by atoms with Gasteiger partial charge in [0, 0.05) is 18.3 Å². The number of hydrogen-bond donors (Lipinski definition) is 1. The highest BCUT2D eigenvalue weighted by molar-refractivity contribution is 7.91. The Kier molecular flexibility index (Phi) is 7.32. The van der Waals surface area contributed by atoms with Crippen molar-refractivity contribution < 1.29 is 12.8 Å². The predicted octanol–water partition coefficient (Wildman–Crippen LogP) is 3.12. The number of rotatable bonds is 9. The van der Waals surface area contributed by atoms with Gasteiger partial charge in [-0.15, -0.1) is 0 Å². The molecule has 0 fully saturated rings. The van der Waals surface area contributed by atoms with Gasteiger partial charge in [0.1, 0.15) is 15.7 Å². The van der Waals surface area contributed by atoms with E-state index in [1.54, 1.807) is 19.1 Å². The zero-order valence-electron chi connectivity index (χ0n) is 13.1. The van der Waals surface area contributed by atoms with E-state index in [4.69, 9.17) is 0 Å².